The van der Waals surface area contributed by atoms with Crippen molar-refractivity contribution in [1.29, 1.82) is 0 Å². The highest BCUT2D eigenvalue weighted by Crippen LogP contribution is 2.25. The highest BCUT2D eigenvalue weighted by Gasteiger charge is 2.07. The van der Waals surface area contributed by atoms with Crippen LogP contribution in [-0.4, -0.2) is 15.7 Å². The van der Waals surface area contributed by atoms with E-state index in [-0.39, 0.29) is 12.3 Å². The lowest BCUT2D eigenvalue weighted by Gasteiger charge is -2.06. The van der Waals surface area contributed by atoms with Gasteiger partial charge in [0, 0.05) is 24.8 Å². The average molecular weight is 333 g/mol. The predicted octanol–water partition coefficient (Wildman–Crippen LogP) is 4.18. The van der Waals surface area contributed by atoms with Gasteiger partial charge in [-0.1, -0.05) is 34.8 Å². The number of halogens is 3. The quantitative estimate of drug-likeness (QED) is 0.913. The summed E-state index contributed by atoms with van der Waals surface area (Å²) in [5.74, 6) is -0.132. The number of aromatic nitrogens is 2. The SMILES string of the molecule is Cc1nn(CCC(=O)Nc2ccc(Cl)c(Cl)c2)cc1Cl. The molecule has 1 N–H and O–H groups in total. The van der Waals surface area contributed by atoms with E-state index < -0.39 is 0 Å². The Labute approximate surface area is 131 Å². The fourth-order valence-electron chi connectivity index (χ4n) is 1.62. The van der Waals surface area contributed by atoms with Crippen LogP contribution in [0.3, 0.4) is 0 Å². The van der Waals surface area contributed by atoms with Crippen LogP contribution < -0.4 is 5.32 Å². The third-order valence-corrected chi connectivity index (χ3v) is 3.77. The minimum atomic E-state index is -0.132. The molecule has 0 aliphatic heterocycles. The Kier molecular flexibility index (Phi) is 4.91. The Morgan fingerprint density at radius 3 is 2.60 bits per heavy atom. The minimum absolute atomic E-state index is 0.132. The zero-order valence-corrected chi connectivity index (χ0v) is 12.9. The molecule has 0 atom stereocenters. The number of carbonyl (C=O) groups excluding carboxylic acids is 1. The van der Waals surface area contributed by atoms with Gasteiger partial charge in [0.1, 0.15) is 0 Å². The van der Waals surface area contributed by atoms with Crippen molar-refractivity contribution in [2.75, 3.05) is 5.32 Å². The average Bonchev–Trinajstić information content (AvgIpc) is 2.71. The van der Waals surface area contributed by atoms with Crippen LogP contribution in [0.2, 0.25) is 15.1 Å². The van der Waals surface area contributed by atoms with Crippen LogP contribution >= 0.6 is 34.8 Å². The molecule has 1 aromatic carbocycles. The lowest BCUT2D eigenvalue weighted by atomic mass is 10.3. The summed E-state index contributed by atoms with van der Waals surface area (Å²) in [7, 11) is 0. The largest absolute Gasteiger partial charge is 0.326 e. The predicted molar refractivity (Wildman–Crippen MR) is 81.7 cm³/mol. The summed E-state index contributed by atoms with van der Waals surface area (Å²) >= 11 is 17.6. The minimum Gasteiger partial charge on any atom is -0.326 e. The number of hydrogen-bond donors (Lipinski definition) is 1. The first-order valence-corrected chi connectivity index (χ1v) is 7.03. The highest BCUT2D eigenvalue weighted by molar-refractivity contribution is 6.42. The van der Waals surface area contributed by atoms with E-state index in [1.807, 2.05) is 6.92 Å². The molecule has 1 amide bonds. The van der Waals surface area contributed by atoms with E-state index in [1.165, 1.54) is 0 Å². The number of hydrogen-bond acceptors (Lipinski definition) is 2. The maximum Gasteiger partial charge on any atom is 0.226 e. The maximum atomic E-state index is 11.8. The molecule has 2 aromatic rings. The van der Waals surface area contributed by atoms with Crippen molar-refractivity contribution in [2.24, 2.45) is 0 Å². The number of benzene rings is 1. The van der Waals surface area contributed by atoms with Crippen molar-refractivity contribution in [3.63, 3.8) is 0 Å². The first-order valence-electron chi connectivity index (χ1n) is 5.90. The van der Waals surface area contributed by atoms with Gasteiger partial charge in [-0.25, -0.2) is 0 Å². The standard InChI is InChI=1S/C13H12Cl3N3O/c1-8-12(16)7-19(18-8)5-4-13(20)17-9-2-3-10(14)11(15)6-9/h2-3,6-7H,4-5H2,1H3,(H,17,20). The summed E-state index contributed by atoms with van der Waals surface area (Å²) in [4.78, 5) is 11.8. The van der Waals surface area contributed by atoms with E-state index in [0.29, 0.717) is 27.3 Å². The zero-order chi connectivity index (χ0) is 14.7. The summed E-state index contributed by atoms with van der Waals surface area (Å²) in [5, 5.41) is 8.37. The third kappa shape index (κ3) is 3.88. The van der Waals surface area contributed by atoms with Crippen LogP contribution in [0.4, 0.5) is 5.69 Å². The number of carbonyl (C=O) groups is 1. The third-order valence-electron chi connectivity index (χ3n) is 2.66. The Balaban J connectivity index is 1.90. The van der Waals surface area contributed by atoms with Gasteiger partial charge in [0.2, 0.25) is 5.91 Å². The zero-order valence-electron chi connectivity index (χ0n) is 10.7. The summed E-state index contributed by atoms with van der Waals surface area (Å²) in [6, 6.07) is 4.94. The molecular formula is C13H12Cl3N3O. The van der Waals surface area contributed by atoms with Gasteiger partial charge in [0.25, 0.3) is 0 Å². The second-order valence-corrected chi connectivity index (χ2v) is 5.47. The fraction of sp³-hybridized carbons (Fsp3) is 0.231. The molecule has 0 bridgehead atoms. The topological polar surface area (TPSA) is 46.9 Å². The number of aryl methyl sites for hydroxylation is 2. The van der Waals surface area contributed by atoms with Gasteiger partial charge in [-0.2, -0.15) is 5.10 Å². The molecule has 106 valence electrons. The number of nitrogens with zero attached hydrogens (tertiary/aromatic N) is 2. The van der Waals surface area contributed by atoms with Crippen molar-refractivity contribution in [2.45, 2.75) is 19.9 Å². The van der Waals surface area contributed by atoms with E-state index in [0.717, 1.165) is 5.69 Å². The lowest BCUT2D eigenvalue weighted by Crippen LogP contribution is -2.14. The van der Waals surface area contributed by atoms with Gasteiger partial charge in [-0.05, 0) is 25.1 Å². The molecule has 2 rings (SSSR count). The monoisotopic (exact) mass is 331 g/mol. The molecule has 20 heavy (non-hydrogen) atoms. The molecule has 1 aromatic heterocycles. The molecule has 0 fully saturated rings. The Bertz CT molecular complexity index is 620. The van der Waals surface area contributed by atoms with Gasteiger partial charge in [-0.3, -0.25) is 9.48 Å². The van der Waals surface area contributed by atoms with Gasteiger partial charge in [0.05, 0.1) is 20.8 Å². The molecule has 4 nitrogen and oxygen atoms in total. The number of anilines is 1. The molecule has 0 radical (unpaired) electrons. The van der Waals surface area contributed by atoms with Crippen molar-refractivity contribution >= 4 is 46.4 Å². The van der Waals surface area contributed by atoms with Crippen molar-refractivity contribution in [3.05, 3.63) is 45.2 Å². The first-order chi connectivity index (χ1) is 9.45. The molecule has 0 aliphatic carbocycles. The smallest absolute Gasteiger partial charge is 0.226 e. The highest BCUT2D eigenvalue weighted by atomic mass is 35.5. The molecule has 0 unspecified atom stereocenters. The summed E-state index contributed by atoms with van der Waals surface area (Å²) in [6.07, 6.45) is 1.99. The van der Waals surface area contributed by atoms with Gasteiger partial charge in [0.15, 0.2) is 0 Å². The van der Waals surface area contributed by atoms with E-state index >= 15 is 0 Å². The molecule has 0 aliphatic rings. The van der Waals surface area contributed by atoms with Crippen LogP contribution in [-0.2, 0) is 11.3 Å². The van der Waals surface area contributed by atoms with Crippen molar-refractivity contribution < 1.29 is 4.79 Å². The summed E-state index contributed by atoms with van der Waals surface area (Å²) < 4.78 is 1.64. The second-order valence-electron chi connectivity index (χ2n) is 4.25. The molecule has 7 heteroatoms. The number of rotatable bonds is 4. The Morgan fingerprint density at radius 1 is 1.25 bits per heavy atom. The molecule has 0 spiro atoms. The number of amides is 1. The van der Waals surface area contributed by atoms with E-state index in [1.54, 1.807) is 29.1 Å². The molecule has 0 saturated heterocycles. The van der Waals surface area contributed by atoms with E-state index in [2.05, 4.69) is 10.4 Å². The van der Waals surface area contributed by atoms with Crippen LogP contribution in [0.1, 0.15) is 12.1 Å². The van der Waals surface area contributed by atoms with Crippen LogP contribution in [0.15, 0.2) is 24.4 Å². The van der Waals surface area contributed by atoms with Gasteiger partial charge in [-0.15, -0.1) is 0 Å². The summed E-state index contributed by atoms with van der Waals surface area (Å²) in [5.41, 5.74) is 1.36. The Hall–Kier alpha value is -1.23. The summed E-state index contributed by atoms with van der Waals surface area (Å²) in [6.45, 7) is 2.27. The Morgan fingerprint density at radius 2 is 2.00 bits per heavy atom. The molecule has 1 heterocycles. The lowest BCUT2D eigenvalue weighted by molar-refractivity contribution is -0.116. The number of nitrogens with one attached hydrogen (secondary N) is 1. The maximum absolute atomic E-state index is 11.8. The van der Waals surface area contributed by atoms with E-state index in [4.69, 9.17) is 34.8 Å². The van der Waals surface area contributed by atoms with Crippen LogP contribution in [0, 0.1) is 6.92 Å². The first kappa shape index (κ1) is 15.2. The van der Waals surface area contributed by atoms with Crippen molar-refractivity contribution in [3.8, 4) is 0 Å². The van der Waals surface area contributed by atoms with Gasteiger partial charge < -0.3 is 5.32 Å². The van der Waals surface area contributed by atoms with E-state index in [9.17, 15) is 4.79 Å². The molecular weight excluding hydrogens is 321 g/mol. The fourth-order valence-corrected chi connectivity index (χ4v) is 2.07. The molecule has 0 saturated carbocycles. The second kappa shape index (κ2) is 6.48. The van der Waals surface area contributed by atoms with Crippen molar-refractivity contribution in [1.82, 2.24) is 9.78 Å². The normalized spacial score (nSPS) is 10.6. The van der Waals surface area contributed by atoms with Crippen LogP contribution in [0.25, 0.3) is 0 Å². The van der Waals surface area contributed by atoms with Gasteiger partial charge >= 0.3 is 0 Å². The van der Waals surface area contributed by atoms with Crippen LogP contribution in [0.5, 0.6) is 0 Å².